The SMILES string of the molecule is CSc1cc2c(cc1NC(=O)c1cccc(S(=O)(=O)N(C)c3ccc(C)cc3)c1)OCCO2. The van der Waals surface area contributed by atoms with Crippen molar-refractivity contribution in [3.05, 3.63) is 71.8 Å². The first-order valence-electron chi connectivity index (χ1n) is 10.2. The van der Waals surface area contributed by atoms with Gasteiger partial charge in [0.25, 0.3) is 15.9 Å². The lowest BCUT2D eigenvalue weighted by Crippen LogP contribution is -2.27. The number of anilines is 2. The van der Waals surface area contributed by atoms with Crippen LogP contribution in [0.3, 0.4) is 0 Å². The van der Waals surface area contributed by atoms with Gasteiger partial charge < -0.3 is 14.8 Å². The van der Waals surface area contributed by atoms with Gasteiger partial charge in [-0.25, -0.2) is 8.42 Å². The lowest BCUT2D eigenvalue weighted by Gasteiger charge is -2.21. The minimum atomic E-state index is -3.85. The average molecular weight is 485 g/mol. The zero-order valence-corrected chi connectivity index (χ0v) is 20.1. The standard InChI is InChI=1S/C24H24N2O5S2/c1-16-7-9-18(10-8-16)26(2)33(28,29)19-6-4-5-17(13-19)24(27)25-20-14-21-22(15-23(20)32-3)31-12-11-30-21/h4-10,13-15H,11-12H2,1-3H3,(H,25,27). The van der Waals surface area contributed by atoms with E-state index in [9.17, 15) is 13.2 Å². The molecule has 172 valence electrons. The fraction of sp³-hybridized carbons (Fsp3) is 0.208. The molecular formula is C24H24N2O5S2. The van der Waals surface area contributed by atoms with Crippen LogP contribution in [0.15, 0.2) is 70.5 Å². The van der Waals surface area contributed by atoms with E-state index in [0.29, 0.717) is 36.1 Å². The molecule has 0 unspecified atom stereocenters. The Labute approximate surface area is 197 Å². The molecule has 0 spiro atoms. The zero-order valence-electron chi connectivity index (χ0n) is 18.5. The minimum Gasteiger partial charge on any atom is -0.486 e. The summed E-state index contributed by atoms with van der Waals surface area (Å²) in [4.78, 5) is 13.9. The van der Waals surface area contributed by atoms with Crippen LogP contribution in [0.25, 0.3) is 0 Å². The van der Waals surface area contributed by atoms with E-state index in [1.54, 1.807) is 30.3 Å². The van der Waals surface area contributed by atoms with Crippen molar-refractivity contribution in [1.82, 2.24) is 0 Å². The predicted molar refractivity (Wildman–Crippen MR) is 130 cm³/mol. The first kappa shape index (κ1) is 23.0. The molecule has 0 saturated carbocycles. The van der Waals surface area contributed by atoms with Crippen molar-refractivity contribution in [2.75, 3.05) is 36.1 Å². The van der Waals surface area contributed by atoms with Gasteiger partial charge in [0, 0.05) is 23.6 Å². The normalized spacial score (nSPS) is 12.8. The summed E-state index contributed by atoms with van der Waals surface area (Å²) in [5.74, 6) is 0.776. The third-order valence-electron chi connectivity index (χ3n) is 5.26. The fourth-order valence-corrected chi connectivity index (χ4v) is 5.18. The quantitative estimate of drug-likeness (QED) is 0.516. The molecule has 9 heteroatoms. The molecule has 1 amide bonds. The maximum Gasteiger partial charge on any atom is 0.264 e. The monoisotopic (exact) mass is 484 g/mol. The van der Waals surface area contributed by atoms with Crippen LogP contribution in [-0.2, 0) is 10.0 Å². The van der Waals surface area contributed by atoms with Gasteiger partial charge in [-0.05, 0) is 49.6 Å². The van der Waals surface area contributed by atoms with Crippen molar-refractivity contribution in [1.29, 1.82) is 0 Å². The lowest BCUT2D eigenvalue weighted by molar-refractivity contribution is 0.102. The van der Waals surface area contributed by atoms with Gasteiger partial charge in [0.15, 0.2) is 11.5 Å². The molecule has 0 fully saturated rings. The molecule has 4 rings (SSSR count). The summed E-state index contributed by atoms with van der Waals surface area (Å²) in [6.45, 7) is 2.85. The second kappa shape index (κ2) is 9.36. The van der Waals surface area contributed by atoms with E-state index in [4.69, 9.17) is 9.47 Å². The molecule has 3 aromatic carbocycles. The summed E-state index contributed by atoms with van der Waals surface area (Å²) in [6.07, 6.45) is 1.90. The van der Waals surface area contributed by atoms with E-state index in [0.717, 1.165) is 10.5 Å². The third kappa shape index (κ3) is 4.79. The van der Waals surface area contributed by atoms with Crippen LogP contribution in [0.2, 0.25) is 0 Å². The van der Waals surface area contributed by atoms with Crippen molar-refractivity contribution in [2.24, 2.45) is 0 Å². The van der Waals surface area contributed by atoms with Gasteiger partial charge in [-0.2, -0.15) is 0 Å². The molecule has 1 heterocycles. The molecule has 1 aliphatic rings. The second-order valence-corrected chi connectivity index (χ2v) is 10.3. The van der Waals surface area contributed by atoms with Crippen molar-refractivity contribution >= 4 is 39.1 Å². The van der Waals surface area contributed by atoms with Gasteiger partial charge in [-0.15, -0.1) is 11.8 Å². The summed E-state index contributed by atoms with van der Waals surface area (Å²) < 4.78 is 38.8. The summed E-state index contributed by atoms with van der Waals surface area (Å²) in [6, 6.07) is 16.7. The highest BCUT2D eigenvalue weighted by Crippen LogP contribution is 2.39. The molecule has 0 aromatic heterocycles. The number of fused-ring (bicyclic) bond motifs is 1. The molecule has 0 atom stereocenters. The largest absolute Gasteiger partial charge is 0.486 e. The molecule has 1 aliphatic heterocycles. The zero-order chi connectivity index (χ0) is 23.6. The number of aryl methyl sites for hydroxylation is 1. The van der Waals surface area contributed by atoms with E-state index in [1.807, 2.05) is 31.4 Å². The Balaban J connectivity index is 1.60. The molecule has 0 saturated heterocycles. The molecule has 7 nitrogen and oxygen atoms in total. The van der Waals surface area contributed by atoms with Crippen molar-refractivity contribution in [3.8, 4) is 11.5 Å². The number of carbonyl (C=O) groups is 1. The molecule has 0 radical (unpaired) electrons. The highest BCUT2D eigenvalue weighted by Gasteiger charge is 2.23. The molecular weight excluding hydrogens is 460 g/mol. The highest BCUT2D eigenvalue weighted by atomic mass is 32.2. The Morgan fingerprint density at radius 1 is 1.00 bits per heavy atom. The van der Waals surface area contributed by atoms with Crippen LogP contribution >= 0.6 is 11.8 Å². The van der Waals surface area contributed by atoms with Crippen LogP contribution in [0.4, 0.5) is 11.4 Å². The highest BCUT2D eigenvalue weighted by molar-refractivity contribution is 7.98. The van der Waals surface area contributed by atoms with Gasteiger partial charge in [0.05, 0.1) is 16.3 Å². The number of ether oxygens (including phenoxy) is 2. The Bertz CT molecular complexity index is 1290. The topological polar surface area (TPSA) is 84.9 Å². The number of nitrogens with zero attached hydrogens (tertiary/aromatic N) is 1. The average Bonchev–Trinajstić information content (AvgIpc) is 2.83. The first-order chi connectivity index (χ1) is 15.8. The van der Waals surface area contributed by atoms with Gasteiger partial charge in [-0.3, -0.25) is 9.10 Å². The van der Waals surface area contributed by atoms with Crippen LogP contribution in [0, 0.1) is 6.92 Å². The van der Waals surface area contributed by atoms with Crippen LogP contribution in [0.1, 0.15) is 15.9 Å². The number of sulfonamides is 1. The number of carbonyl (C=O) groups excluding carboxylic acids is 1. The van der Waals surface area contributed by atoms with E-state index in [1.165, 1.54) is 35.2 Å². The van der Waals surface area contributed by atoms with Crippen molar-refractivity contribution in [3.63, 3.8) is 0 Å². The van der Waals surface area contributed by atoms with Crippen LogP contribution in [-0.4, -0.2) is 40.8 Å². The minimum absolute atomic E-state index is 0.0329. The smallest absolute Gasteiger partial charge is 0.264 e. The predicted octanol–water partition coefficient (Wildman–Crippen LogP) is 4.57. The summed E-state index contributed by atoms with van der Waals surface area (Å²) in [5.41, 5.74) is 2.38. The Kier molecular flexibility index (Phi) is 6.53. The molecule has 33 heavy (non-hydrogen) atoms. The number of benzene rings is 3. The van der Waals surface area contributed by atoms with Crippen LogP contribution in [0.5, 0.6) is 11.5 Å². The van der Waals surface area contributed by atoms with E-state index in [-0.39, 0.29) is 10.5 Å². The number of nitrogens with one attached hydrogen (secondary N) is 1. The Hall–Kier alpha value is -3.17. The van der Waals surface area contributed by atoms with Gasteiger partial charge in [0.1, 0.15) is 13.2 Å². The number of rotatable bonds is 6. The summed E-state index contributed by atoms with van der Waals surface area (Å²) in [5, 5.41) is 2.87. The van der Waals surface area contributed by atoms with Crippen molar-refractivity contribution < 1.29 is 22.7 Å². The maximum atomic E-state index is 13.2. The number of thioether (sulfide) groups is 1. The number of amides is 1. The van der Waals surface area contributed by atoms with Gasteiger partial charge >= 0.3 is 0 Å². The first-order valence-corrected chi connectivity index (χ1v) is 12.9. The van der Waals surface area contributed by atoms with Gasteiger partial charge in [0.2, 0.25) is 0 Å². The molecule has 1 N–H and O–H groups in total. The molecule has 0 bridgehead atoms. The van der Waals surface area contributed by atoms with Crippen LogP contribution < -0.4 is 19.1 Å². The Morgan fingerprint density at radius 3 is 2.33 bits per heavy atom. The van der Waals surface area contributed by atoms with E-state index in [2.05, 4.69) is 5.32 Å². The Morgan fingerprint density at radius 2 is 1.67 bits per heavy atom. The van der Waals surface area contributed by atoms with Gasteiger partial charge in [-0.1, -0.05) is 23.8 Å². The molecule has 0 aliphatic carbocycles. The van der Waals surface area contributed by atoms with Crippen molar-refractivity contribution in [2.45, 2.75) is 16.7 Å². The number of hydrogen-bond acceptors (Lipinski definition) is 6. The van der Waals surface area contributed by atoms with E-state index >= 15 is 0 Å². The summed E-state index contributed by atoms with van der Waals surface area (Å²) >= 11 is 1.46. The lowest BCUT2D eigenvalue weighted by atomic mass is 10.2. The molecule has 3 aromatic rings. The second-order valence-electron chi connectivity index (χ2n) is 7.49. The number of hydrogen-bond donors (Lipinski definition) is 1. The third-order valence-corrected chi connectivity index (χ3v) is 7.82. The fourth-order valence-electron chi connectivity index (χ4n) is 3.38. The van der Waals surface area contributed by atoms with E-state index < -0.39 is 15.9 Å². The maximum absolute atomic E-state index is 13.2. The summed E-state index contributed by atoms with van der Waals surface area (Å²) in [7, 11) is -2.35.